The molecule has 1 saturated heterocycles. The molecule has 8 nitrogen and oxygen atoms in total. The van der Waals surface area contributed by atoms with E-state index in [0.29, 0.717) is 12.0 Å². The largest absolute Gasteiger partial charge is 0.352 e. The van der Waals surface area contributed by atoms with Crippen LogP contribution in [0.4, 0.5) is 5.82 Å². The van der Waals surface area contributed by atoms with Gasteiger partial charge in [-0.25, -0.2) is 0 Å². The Morgan fingerprint density at radius 1 is 1.16 bits per heavy atom. The highest BCUT2D eigenvalue weighted by atomic mass is 32.1. The second kappa shape index (κ2) is 5.70. The molecule has 2 fully saturated rings. The first-order valence-corrected chi connectivity index (χ1v) is 9.45. The Kier molecular flexibility index (Phi) is 3.46. The maximum Gasteiger partial charge on any atom is 0.178 e. The van der Waals surface area contributed by atoms with E-state index >= 15 is 0 Å². The normalized spacial score (nSPS) is 18.3. The topological polar surface area (TPSA) is 75.3 Å². The number of nitrogens with zero attached hydrogens (tertiary/aromatic N) is 8. The van der Waals surface area contributed by atoms with Crippen molar-refractivity contribution in [2.75, 3.05) is 25.0 Å². The molecule has 1 saturated carbocycles. The van der Waals surface area contributed by atoms with Gasteiger partial charge in [0.25, 0.3) is 0 Å². The summed E-state index contributed by atoms with van der Waals surface area (Å²) in [7, 11) is 2.17. The monoisotopic (exact) mass is 356 g/mol. The summed E-state index contributed by atoms with van der Waals surface area (Å²) in [5.74, 6) is 2.48. The summed E-state index contributed by atoms with van der Waals surface area (Å²) in [6.45, 7) is 4.75. The molecule has 0 amide bonds. The van der Waals surface area contributed by atoms with Crippen LogP contribution < -0.4 is 4.90 Å². The number of likely N-dealkylation sites (N-methyl/N-ethyl adjacent to an activating group) is 1. The Balaban J connectivity index is 1.21. The Bertz CT molecular complexity index is 908. The lowest BCUT2D eigenvalue weighted by atomic mass is 10.1. The molecule has 0 bridgehead atoms. The minimum absolute atomic E-state index is 0.521. The number of anilines is 1. The zero-order valence-corrected chi connectivity index (χ0v) is 15.1. The molecular formula is C16H20N8S. The summed E-state index contributed by atoms with van der Waals surface area (Å²) < 4.78 is 1.80. The Morgan fingerprint density at radius 2 is 2.00 bits per heavy atom. The molecule has 0 unspecified atom stereocenters. The van der Waals surface area contributed by atoms with Gasteiger partial charge in [0.2, 0.25) is 0 Å². The zero-order valence-electron chi connectivity index (χ0n) is 14.3. The van der Waals surface area contributed by atoms with Crippen LogP contribution in [0.3, 0.4) is 0 Å². The molecule has 0 atom stereocenters. The van der Waals surface area contributed by atoms with Crippen LogP contribution in [0, 0.1) is 6.92 Å². The van der Waals surface area contributed by atoms with E-state index < -0.39 is 0 Å². The van der Waals surface area contributed by atoms with Crippen molar-refractivity contribution in [2.24, 2.45) is 0 Å². The lowest BCUT2D eigenvalue weighted by molar-refractivity contribution is 0.196. The van der Waals surface area contributed by atoms with E-state index in [1.54, 1.807) is 15.9 Å². The molecule has 3 aromatic rings. The Labute approximate surface area is 149 Å². The highest BCUT2D eigenvalue weighted by Crippen LogP contribution is 2.41. The van der Waals surface area contributed by atoms with Crippen molar-refractivity contribution >= 4 is 22.8 Å². The fourth-order valence-corrected chi connectivity index (χ4v) is 4.22. The van der Waals surface area contributed by atoms with E-state index in [0.717, 1.165) is 41.9 Å². The van der Waals surface area contributed by atoms with Crippen LogP contribution in [0.1, 0.15) is 34.6 Å². The smallest absolute Gasteiger partial charge is 0.178 e. The molecule has 1 aliphatic carbocycles. The molecule has 3 aromatic heterocycles. The first kappa shape index (κ1) is 15.2. The van der Waals surface area contributed by atoms with Gasteiger partial charge in [-0.1, -0.05) is 11.3 Å². The van der Waals surface area contributed by atoms with Gasteiger partial charge >= 0.3 is 0 Å². The molecule has 0 radical (unpaired) electrons. The second-order valence-electron chi connectivity index (χ2n) is 6.99. The van der Waals surface area contributed by atoms with Crippen LogP contribution in [0.5, 0.6) is 0 Å². The minimum atomic E-state index is 0.521. The highest BCUT2D eigenvalue weighted by molar-refractivity contribution is 7.11. The third-order valence-electron chi connectivity index (χ3n) is 5.01. The number of hydrogen-bond donors (Lipinski definition) is 0. The van der Waals surface area contributed by atoms with Crippen LogP contribution in [-0.2, 0) is 6.54 Å². The first-order valence-electron chi connectivity index (χ1n) is 8.64. The van der Waals surface area contributed by atoms with Crippen molar-refractivity contribution in [2.45, 2.75) is 38.3 Å². The van der Waals surface area contributed by atoms with Crippen molar-refractivity contribution in [1.82, 2.24) is 34.9 Å². The number of fused-ring (bicyclic) bond motifs is 1. The average Bonchev–Trinajstić information content (AvgIpc) is 3.21. The van der Waals surface area contributed by atoms with E-state index in [2.05, 4.69) is 42.3 Å². The van der Waals surface area contributed by atoms with E-state index in [4.69, 9.17) is 0 Å². The quantitative estimate of drug-likeness (QED) is 0.685. The molecule has 25 heavy (non-hydrogen) atoms. The standard InChI is InChI=1S/C16H20N8S/c1-10-17-18-13-5-6-14(21-24(10)13)23-7-12(8-23)22(2)9-15-19-20-16(25-15)11-3-4-11/h5-6,11-12H,3-4,7-9H2,1-2H3. The van der Waals surface area contributed by atoms with Crippen molar-refractivity contribution in [3.8, 4) is 0 Å². The van der Waals surface area contributed by atoms with E-state index in [1.807, 2.05) is 19.1 Å². The molecule has 4 heterocycles. The average molecular weight is 356 g/mol. The highest BCUT2D eigenvalue weighted by Gasteiger charge is 2.32. The van der Waals surface area contributed by atoms with Gasteiger partial charge in [0, 0.05) is 25.0 Å². The summed E-state index contributed by atoms with van der Waals surface area (Å²) in [5, 5.41) is 23.8. The van der Waals surface area contributed by atoms with E-state index in [-0.39, 0.29) is 0 Å². The van der Waals surface area contributed by atoms with E-state index in [1.165, 1.54) is 17.8 Å². The maximum atomic E-state index is 4.64. The number of aryl methyl sites for hydroxylation is 1. The Hall–Kier alpha value is -2.13. The SMILES string of the molecule is Cc1nnc2ccc(N3CC(N(C)Cc4nnc(C5CC5)s4)C3)nn12. The second-order valence-corrected chi connectivity index (χ2v) is 8.08. The summed E-state index contributed by atoms with van der Waals surface area (Å²) in [6.07, 6.45) is 2.57. The van der Waals surface area contributed by atoms with Crippen LogP contribution in [0.2, 0.25) is 0 Å². The molecule has 9 heteroatoms. The number of rotatable bonds is 5. The summed E-state index contributed by atoms with van der Waals surface area (Å²) in [5.41, 5.74) is 0.790. The van der Waals surface area contributed by atoms with Crippen molar-refractivity contribution in [1.29, 1.82) is 0 Å². The lowest BCUT2D eigenvalue weighted by Gasteiger charge is -2.44. The molecule has 2 aliphatic rings. The van der Waals surface area contributed by atoms with Gasteiger partial charge in [-0.3, -0.25) is 4.90 Å². The van der Waals surface area contributed by atoms with Crippen LogP contribution in [-0.4, -0.2) is 61.1 Å². The van der Waals surface area contributed by atoms with Crippen molar-refractivity contribution < 1.29 is 0 Å². The summed E-state index contributed by atoms with van der Waals surface area (Å²) in [6, 6.07) is 4.51. The van der Waals surface area contributed by atoms with Gasteiger partial charge in [0.15, 0.2) is 11.5 Å². The maximum absolute atomic E-state index is 4.64. The fourth-order valence-electron chi connectivity index (χ4n) is 3.14. The molecule has 1 aliphatic heterocycles. The summed E-state index contributed by atoms with van der Waals surface area (Å²) in [4.78, 5) is 4.66. The minimum Gasteiger partial charge on any atom is -0.352 e. The first-order chi connectivity index (χ1) is 12.2. The summed E-state index contributed by atoms with van der Waals surface area (Å²) >= 11 is 1.78. The molecule has 0 aromatic carbocycles. The lowest BCUT2D eigenvalue weighted by Crippen LogP contribution is -2.58. The van der Waals surface area contributed by atoms with Gasteiger partial charge in [0.05, 0.1) is 6.54 Å². The fraction of sp³-hybridized carbons (Fsp3) is 0.562. The third kappa shape index (κ3) is 2.77. The van der Waals surface area contributed by atoms with E-state index in [9.17, 15) is 0 Å². The van der Waals surface area contributed by atoms with Gasteiger partial charge in [-0.05, 0) is 38.9 Å². The molecule has 130 valence electrons. The predicted octanol–water partition coefficient (Wildman–Crippen LogP) is 1.48. The molecular weight excluding hydrogens is 336 g/mol. The molecule has 0 spiro atoms. The van der Waals surface area contributed by atoms with Crippen molar-refractivity contribution in [3.63, 3.8) is 0 Å². The van der Waals surface area contributed by atoms with Gasteiger partial charge in [-0.15, -0.1) is 25.5 Å². The van der Waals surface area contributed by atoms with Crippen LogP contribution in [0.15, 0.2) is 12.1 Å². The van der Waals surface area contributed by atoms with Crippen molar-refractivity contribution in [3.05, 3.63) is 28.0 Å². The van der Waals surface area contributed by atoms with Gasteiger partial charge < -0.3 is 4.90 Å². The Morgan fingerprint density at radius 3 is 2.80 bits per heavy atom. The van der Waals surface area contributed by atoms with Crippen LogP contribution >= 0.6 is 11.3 Å². The molecule has 0 N–H and O–H groups in total. The molecule has 5 rings (SSSR count). The number of hydrogen-bond acceptors (Lipinski definition) is 8. The zero-order chi connectivity index (χ0) is 17.0. The van der Waals surface area contributed by atoms with Gasteiger partial charge in [0.1, 0.15) is 15.8 Å². The van der Waals surface area contributed by atoms with Crippen LogP contribution in [0.25, 0.3) is 5.65 Å². The predicted molar refractivity (Wildman–Crippen MR) is 94.9 cm³/mol. The number of aromatic nitrogens is 6. The third-order valence-corrected chi connectivity index (χ3v) is 6.08. The van der Waals surface area contributed by atoms with Gasteiger partial charge in [-0.2, -0.15) is 4.52 Å².